The molecule has 1 atom stereocenters. The van der Waals surface area contributed by atoms with Crippen molar-refractivity contribution in [2.75, 3.05) is 46.0 Å². The molecule has 0 radical (unpaired) electrons. The number of aromatic nitrogens is 1. The van der Waals surface area contributed by atoms with Crippen LogP contribution in [0.5, 0.6) is 5.75 Å². The van der Waals surface area contributed by atoms with Crippen molar-refractivity contribution in [1.29, 1.82) is 0 Å². The Kier molecular flexibility index (Phi) is 5.50. The number of para-hydroxylation sites is 1. The smallest absolute Gasteiger partial charge is 0.276 e. The molecule has 1 aromatic heterocycles. The molecule has 2 aromatic rings. The molecular weight excluding hydrogens is 378 g/mol. The average Bonchev–Trinajstić information content (AvgIpc) is 3.18. The van der Waals surface area contributed by atoms with Crippen LogP contribution in [-0.2, 0) is 14.3 Å². The van der Waals surface area contributed by atoms with Gasteiger partial charge in [0.15, 0.2) is 18.7 Å². The molecule has 2 aliphatic heterocycles. The largest absolute Gasteiger partial charge is 0.484 e. The highest BCUT2D eigenvalue weighted by molar-refractivity contribution is 5.93. The molecular formula is C20H23N3O6. The third-order valence-corrected chi connectivity index (χ3v) is 5.01. The van der Waals surface area contributed by atoms with Crippen molar-refractivity contribution in [3.8, 4) is 5.75 Å². The summed E-state index contributed by atoms with van der Waals surface area (Å²) in [5.74, 6) is -0.339. The Morgan fingerprint density at radius 2 is 1.79 bits per heavy atom. The summed E-state index contributed by atoms with van der Waals surface area (Å²) >= 11 is 0. The van der Waals surface area contributed by atoms with Gasteiger partial charge in [0.05, 0.1) is 26.3 Å². The van der Waals surface area contributed by atoms with Crippen LogP contribution in [0, 0.1) is 6.92 Å². The lowest BCUT2D eigenvalue weighted by Crippen LogP contribution is -2.64. The molecule has 1 spiro atoms. The third-order valence-electron chi connectivity index (χ3n) is 5.01. The van der Waals surface area contributed by atoms with Crippen LogP contribution in [0.15, 0.2) is 41.1 Å². The number of rotatable bonds is 4. The molecule has 3 heterocycles. The van der Waals surface area contributed by atoms with Crippen molar-refractivity contribution in [2.24, 2.45) is 0 Å². The van der Waals surface area contributed by atoms with Gasteiger partial charge in [0.2, 0.25) is 5.79 Å². The van der Waals surface area contributed by atoms with Crippen LogP contribution in [-0.4, -0.2) is 78.4 Å². The molecule has 9 heteroatoms. The molecule has 0 N–H and O–H groups in total. The van der Waals surface area contributed by atoms with E-state index < -0.39 is 5.79 Å². The van der Waals surface area contributed by atoms with Gasteiger partial charge in [-0.15, -0.1) is 0 Å². The zero-order chi connectivity index (χ0) is 20.3. The van der Waals surface area contributed by atoms with E-state index in [0.29, 0.717) is 37.8 Å². The van der Waals surface area contributed by atoms with Crippen LogP contribution < -0.4 is 4.74 Å². The summed E-state index contributed by atoms with van der Waals surface area (Å²) in [6, 6.07) is 9.18. The quantitative estimate of drug-likeness (QED) is 0.757. The molecule has 0 saturated carbocycles. The summed E-state index contributed by atoms with van der Waals surface area (Å²) in [5.41, 5.74) is 0.280. The van der Waals surface area contributed by atoms with Crippen LogP contribution in [0.4, 0.5) is 0 Å². The molecule has 1 unspecified atom stereocenters. The summed E-state index contributed by atoms with van der Waals surface area (Å²) in [7, 11) is 0. The van der Waals surface area contributed by atoms with E-state index in [4.69, 9.17) is 18.6 Å². The van der Waals surface area contributed by atoms with Gasteiger partial charge in [0.25, 0.3) is 11.8 Å². The minimum absolute atomic E-state index is 0.0686. The molecule has 2 amide bonds. The number of hydrogen-bond acceptors (Lipinski definition) is 7. The fraction of sp³-hybridized carbons (Fsp3) is 0.450. The Hall–Kier alpha value is -2.91. The van der Waals surface area contributed by atoms with E-state index in [9.17, 15) is 9.59 Å². The third kappa shape index (κ3) is 4.25. The number of nitrogens with zero attached hydrogens (tertiary/aromatic N) is 3. The van der Waals surface area contributed by atoms with Gasteiger partial charge >= 0.3 is 0 Å². The van der Waals surface area contributed by atoms with E-state index in [1.54, 1.807) is 28.9 Å². The highest BCUT2D eigenvalue weighted by Gasteiger charge is 2.45. The van der Waals surface area contributed by atoms with E-state index in [-0.39, 0.29) is 37.2 Å². The lowest BCUT2D eigenvalue weighted by Gasteiger charge is -2.47. The van der Waals surface area contributed by atoms with Gasteiger partial charge in [-0.05, 0) is 19.1 Å². The zero-order valence-corrected chi connectivity index (χ0v) is 16.2. The van der Waals surface area contributed by atoms with Gasteiger partial charge in [-0.2, -0.15) is 0 Å². The van der Waals surface area contributed by atoms with Crippen LogP contribution in [0.25, 0.3) is 0 Å². The number of morpholine rings is 2. The Bertz CT molecular complexity index is 866. The maximum Gasteiger partial charge on any atom is 0.276 e. The molecule has 2 aliphatic rings. The molecule has 9 nitrogen and oxygen atoms in total. The summed E-state index contributed by atoms with van der Waals surface area (Å²) in [6.07, 6.45) is 1.25. The van der Waals surface area contributed by atoms with Gasteiger partial charge in [-0.25, -0.2) is 4.98 Å². The van der Waals surface area contributed by atoms with Gasteiger partial charge in [0.1, 0.15) is 11.5 Å². The predicted octanol–water partition coefficient (Wildman–Crippen LogP) is 1.09. The second kappa shape index (κ2) is 8.22. The number of carbonyl (C=O) groups is 2. The Morgan fingerprint density at radius 3 is 2.48 bits per heavy atom. The Balaban J connectivity index is 1.39. The van der Waals surface area contributed by atoms with Gasteiger partial charge in [-0.1, -0.05) is 18.2 Å². The van der Waals surface area contributed by atoms with Crippen molar-refractivity contribution in [3.05, 3.63) is 48.2 Å². The van der Waals surface area contributed by atoms with E-state index in [0.717, 1.165) is 0 Å². The lowest BCUT2D eigenvalue weighted by atomic mass is 10.1. The van der Waals surface area contributed by atoms with Gasteiger partial charge in [0, 0.05) is 13.1 Å². The number of amides is 2. The SMILES string of the molecule is Cc1ocnc1C(=O)N1CCOC2(CN(C(=O)COc3ccccc3)CCO2)C1. The predicted molar refractivity (Wildman–Crippen MR) is 100 cm³/mol. The fourth-order valence-corrected chi connectivity index (χ4v) is 3.50. The van der Waals surface area contributed by atoms with Crippen molar-refractivity contribution in [1.82, 2.24) is 14.8 Å². The topological polar surface area (TPSA) is 94.3 Å². The minimum Gasteiger partial charge on any atom is -0.484 e. The number of hydrogen-bond donors (Lipinski definition) is 0. The van der Waals surface area contributed by atoms with Crippen LogP contribution in [0.3, 0.4) is 0 Å². The van der Waals surface area contributed by atoms with Crippen molar-refractivity contribution < 1.29 is 28.2 Å². The Morgan fingerprint density at radius 1 is 1.10 bits per heavy atom. The summed E-state index contributed by atoms with van der Waals surface area (Å²) in [5, 5.41) is 0. The maximum atomic E-state index is 12.8. The maximum absolute atomic E-state index is 12.8. The minimum atomic E-state index is -1.05. The lowest BCUT2D eigenvalue weighted by molar-refractivity contribution is -0.284. The molecule has 2 saturated heterocycles. The van der Waals surface area contributed by atoms with E-state index >= 15 is 0 Å². The molecule has 154 valence electrons. The van der Waals surface area contributed by atoms with E-state index in [1.165, 1.54) is 6.39 Å². The normalized spacial score (nSPS) is 22.0. The highest BCUT2D eigenvalue weighted by Crippen LogP contribution is 2.26. The molecule has 4 rings (SSSR count). The van der Waals surface area contributed by atoms with Crippen LogP contribution >= 0.6 is 0 Å². The van der Waals surface area contributed by atoms with E-state index in [1.807, 2.05) is 18.2 Å². The van der Waals surface area contributed by atoms with Crippen molar-refractivity contribution in [3.63, 3.8) is 0 Å². The van der Waals surface area contributed by atoms with Crippen molar-refractivity contribution in [2.45, 2.75) is 12.7 Å². The summed E-state index contributed by atoms with van der Waals surface area (Å²) < 4.78 is 22.5. The van der Waals surface area contributed by atoms with Gasteiger partial charge < -0.3 is 28.4 Å². The highest BCUT2D eigenvalue weighted by atomic mass is 16.7. The second-order valence-electron chi connectivity index (χ2n) is 7.01. The molecule has 2 fully saturated rings. The Labute approximate surface area is 168 Å². The van der Waals surface area contributed by atoms with Crippen LogP contribution in [0.1, 0.15) is 16.2 Å². The second-order valence-corrected chi connectivity index (χ2v) is 7.01. The van der Waals surface area contributed by atoms with E-state index in [2.05, 4.69) is 4.98 Å². The number of carbonyl (C=O) groups excluding carboxylic acids is 2. The molecule has 0 aliphatic carbocycles. The monoisotopic (exact) mass is 401 g/mol. The first-order valence-electron chi connectivity index (χ1n) is 9.49. The number of oxazole rings is 1. The fourth-order valence-electron chi connectivity index (χ4n) is 3.50. The average molecular weight is 401 g/mol. The first-order valence-corrected chi connectivity index (χ1v) is 9.49. The molecule has 0 bridgehead atoms. The first kappa shape index (κ1) is 19.4. The zero-order valence-electron chi connectivity index (χ0n) is 16.2. The number of ether oxygens (including phenoxy) is 3. The summed E-state index contributed by atoms with van der Waals surface area (Å²) in [6.45, 7) is 3.56. The van der Waals surface area contributed by atoms with Crippen LogP contribution in [0.2, 0.25) is 0 Å². The molecule has 1 aromatic carbocycles. The van der Waals surface area contributed by atoms with Gasteiger partial charge in [-0.3, -0.25) is 9.59 Å². The van der Waals surface area contributed by atoms with Crippen molar-refractivity contribution >= 4 is 11.8 Å². The number of aryl methyl sites for hydroxylation is 1. The first-order chi connectivity index (χ1) is 14.1. The number of benzene rings is 1. The summed E-state index contributed by atoms with van der Waals surface area (Å²) in [4.78, 5) is 32.7. The molecule has 29 heavy (non-hydrogen) atoms. The standard InChI is InChI=1S/C20H23N3O6/c1-15-18(21-14-27-15)19(25)23-8-10-29-20(13-23)12-22(7-9-28-20)17(24)11-26-16-5-3-2-4-6-16/h2-6,14H,7-13H2,1H3.